The van der Waals surface area contributed by atoms with Gasteiger partial charge >= 0.3 is 5.97 Å². The van der Waals surface area contributed by atoms with Gasteiger partial charge in [-0.2, -0.15) is 0 Å². The van der Waals surface area contributed by atoms with E-state index in [1.54, 1.807) is 12.1 Å². The number of hydrogen-bond donors (Lipinski definition) is 2. The van der Waals surface area contributed by atoms with Crippen molar-refractivity contribution in [3.05, 3.63) is 29.6 Å². The van der Waals surface area contributed by atoms with E-state index in [1.807, 2.05) is 0 Å². The molecule has 0 aromatic carbocycles. The minimum Gasteiger partial charge on any atom is -0.481 e. The first kappa shape index (κ1) is 11.2. The van der Waals surface area contributed by atoms with Gasteiger partial charge in [0.25, 0.3) is 0 Å². The van der Waals surface area contributed by atoms with Crippen molar-refractivity contribution in [2.24, 2.45) is 0 Å². The highest BCUT2D eigenvalue weighted by atomic mass is 16.4. The summed E-state index contributed by atoms with van der Waals surface area (Å²) in [7, 11) is 0. The molecule has 1 aromatic heterocycles. The van der Waals surface area contributed by atoms with Crippen LogP contribution in [0, 0.1) is 11.8 Å². The standard InChI is InChI=1S/C11H11NO3/c13-6-2-1-3-9-4-5-10(12-8-9)7-11(14)15/h4-5,8,13H,2,6-7H2,(H,14,15). The van der Waals surface area contributed by atoms with Crippen LogP contribution in [0.5, 0.6) is 0 Å². The Bertz CT molecular complexity index is 387. The van der Waals surface area contributed by atoms with Crippen molar-refractivity contribution in [2.75, 3.05) is 6.61 Å². The van der Waals surface area contributed by atoms with Crippen molar-refractivity contribution in [3.8, 4) is 11.8 Å². The third kappa shape index (κ3) is 4.25. The average molecular weight is 205 g/mol. The molecule has 1 heterocycles. The molecule has 0 atom stereocenters. The Labute approximate surface area is 87.6 Å². The number of carboxylic acids is 1. The third-order valence-corrected chi connectivity index (χ3v) is 1.63. The summed E-state index contributed by atoms with van der Waals surface area (Å²) in [4.78, 5) is 14.3. The number of nitrogens with zero attached hydrogens (tertiary/aromatic N) is 1. The summed E-state index contributed by atoms with van der Waals surface area (Å²) in [6.45, 7) is 0.0392. The Morgan fingerprint density at radius 3 is 2.80 bits per heavy atom. The molecule has 2 N–H and O–H groups in total. The third-order valence-electron chi connectivity index (χ3n) is 1.63. The number of carboxylic acid groups (broad SMARTS) is 1. The highest BCUT2D eigenvalue weighted by molar-refractivity contribution is 5.69. The number of aliphatic carboxylic acids is 1. The molecule has 4 heteroatoms. The van der Waals surface area contributed by atoms with Gasteiger partial charge in [-0.15, -0.1) is 0 Å². The predicted molar refractivity (Wildman–Crippen MR) is 54.2 cm³/mol. The van der Waals surface area contributed by atoms with Gasteiger partial charge in [-0.05, 0) is 12.1 Å². The summed E-state index contributed by atoms with van der Waals surface area (Å²) in [6.07, 6.45) is 1.88. The lowest BCUT2D eigenvalue weighted by molar-refractivity contribution is -0.136. The quantitative estimate of drug-likeness (QED) is 0.702. The first-order chi connectivity index (χ1) is 7.22. The summed E-state index contributed by atoms with van der Waals surface area (Å²) in [5.41, 5.74) is 1.23. The number of aliphatic hydroxyl groups is 1. The number of pyridine rings is 1. The van der Waals surface area contributed by atoms with Gasteiger partial charge in [0.1, 0.15) is 0 Å². The zero-order valence-corrected chi connectivity index (χ0v) is 8.10. The zero-order chi connectivity index (χ0) is 11.1. The van der Waals surface area contributed by atoms with Crippen LogP contribution in [0.4, 0.5) is 0 Å². The number of hydrogen-bond acceptors (Lipinski definition) is 3. The predicted octanol–water partition coefficient (Wildman–Crippen LogP) is 0.443. The number of aliphatic hydroxyl groups excluding tert-OH is 1. The van der Waals surface area contributed by atoms with Crippen LogP contribution in [0.2, 0.25) is 0 Å². The zero-order valence-electron chi connectivity index (χ0n) is 8.10. The number of rotatable bonds is 3. The van der Waals surface area contributed by atoms with E-state index in [9.17, 15) is 4.79 Å². The van der Waals surface area contributed by atoms with Gasteiger partial charge in [-0.1, -0.05) is 11.8 Å². The highest BCUT2D eigenvalue weighted by Gasteiger charge is 2.00. The van der Waals surface area contributed by atoms with Crippen LogP contribution in [-0.4, -0.2) is 27.8 Å². The van der Waals surface area contributed by atoms with Gasteiger partial charge in [0.15, 0.2) is 0 Å². The molecule has 0 aliphatic carbocycles. The van der Waals surface area contributed by atoms with Crippen LogP contribution >= 0.6 is 0 Å². The Balaban J connectivity index is 2.65. The Morgan fingerprint density at radius 1 is 1.47 bits per heavy atom. The molecule has 78 valence electrons. The Morgan fingerprint density at radius 2 is 2.27 bits per heavy atom. The summed E-state index contributed by atoms with van der Waals surface area (Å²) in [5.74, 6) is 4.66. The molecule has 0 aliphatic heterocycles. The van der Waals surface area contributed by atoms with Gasteiger partial charge in [-0.25, -0.2) is 0 Å². The van der Waals surface area contributed by atoms with Crippen molar-refractivity contribution in [1.29, 1.82) is 0 Å². The van der Waals surface area contributed by atoms with E-state index in [1.165, 1.54) is 6.20 Å². The maximum absolute atomic E-state index is 10.4. The second-order valence-corrected chi connectivity index (χ2v) is 2.88. The fourth-order valence-electron chi connectivity index (χ4n) is 0.978. The summed E-state index contributed by atoms with van der Waals surface area (Å²) < 4.78 is 0. The Kier molecular flexibility index (Phi) is 4.32. The molecule has 0 unspecified atom stereocenters. The van der Waals surface area contributed by atoms with E-state index in [4.69, 9.17) is 10.2 Å². The van der Waals surface area contributed by atoms with Gasteiger partial charge < -0.3 is 10.2 Å². The molecule has 1 rings (SSSR count). The van der Waals surface area contributed by atoms with E-state index < -0.39 is 5.97 Å². The van der Waals surface area contributed by atoms with Crippen LogP contribution in [0.1, 0.15) is 17.7 Å². The fourth-order valence-corrected chi connectivity index (χ4v) is 0.978. The monoisotopic (exact) mass is 205 g/mol. The maximum atomic E-state index is 10.4. The molecular weight excluding hydrogens is 194 g/mol. The molecule has 0 saturated heterocycles. The summed E-state index contributed by atoms with van der Waals surface area (Å²) >= 11 is 0. The van der Waals surface area contributed by atoms with Crippen molar-refractivity contribution >= 4 is 5.97 Å². The number of aromatic nitrogens is 1. The molecule has 0 aliphatic rings. The lowest BCUT2D eigenvalue weighted by atomic mass is 10.2. The van der Waals surface area contributed by atoms with E-state index in [0.29, 0.717) is 12.1 Å². The molecule has 0 bridgehead atoms. The van der Waals surface area contributed by atoms with Crippen LogP contribution < -0.4 is 0 Å². The second kappa shape index (κ2) is 5.78. The summed E-state index contributed by atoms with van der Waals surface area (Å²) in [5, 5.41) is 17.0. The van der Waals surface area contributed by atoms with E-state index in [0.717, 1.165) is 5.56 Å². The smallest absolute Gasteiger partial charge is 0.309 e. The number of carbonyl (C=O) groups is 1. The topological polar surface area (TPSA) is 70.4 Å². The molecule has 0 spiro atoms. The SMILES string of the molecule is O=C(O)Cc1ccc(C#CCCO)cn1. The molecule has 0 fully saturated rings. The largest absolute Gasteiger partial charge is 0.481 e. The van der Waals surface area contributed by atoms with Crippen LogP contribution in [-0.2, 0) is 11.2 Å². The summed E-state index contributed by atoms with van der Waals surface area (Å²) in [6, 6.07) is 3.35. The van der Waals surface area contributed by atoms with Gasteiger partial charge in [0, 0.05) is 18.2 Å². The van der Waals surface area contributed by atoms with Crippen LogP contribution in [0.25, 0.3) is 0 Å². The average Bonchev–Trinajstić information content (AvgIpc) is 2.20. The normalized spacial score (nSPS) is 9.13. The minimum absolute atomic E-state index is 0.0392. The molecule has 0 saturated carbocycles. The highest BCUT2D eigenvalue weighted by Crippen LogP contribution is 1.99. The molecule has 0 amide bonds. The molecule has 1 aromatic rings. The second-order valence-electron chi connectivity index (χ2n) is 2.88. The lowest BCUT2D eigenvalue weighted by Crippen LogP contribution is -2.01. The van der Waals surface area contributed by atoms with Crippen LogP contribution in [0.15, 0.2) is 18.3 Å². The fraction of sp³-hybridized carbons (Fsp3) is 0.273. The lowest BCUT2D eigenvalue weighted by Gasteiger charge is -1.95. The van der Waals surface area contributed by atoms with Crippen molar-refractivity contribution in [3.63, 3.8) is 0 Å². The molecule has 0 radical (unpaired) electrons. The molecular formula is C11H11NO3. The van der Waals surface area contributed by atoms with Gasteiger partial charge in [0.05, 0.1) is 18.7 Å². The maximum Gasteiger partial charge on any atom is 0.309 e. The first-order valence-electron chi connectivity index (χ1n) is 4.49. The first-order valence-corrected chi connectivity index (χ1v) is 4.49. The van der Waals surface area contributed by atoms with E-state index in [-0.39, 0.29) is 13.0 Å². The minimum atomic E-state index is -0.901. The van der Waals surface area contributed by atoms with Gasteiger partial charge in [0.2, 0.25) is 0 Å². The van der Waals surface area contributed by atoms with Gasteiger partial charge in [-0.3, -0.25) is 9.78 Å². The van der Waals surface area contributed by atoms with E-state index in [2.05, 4.69) is 16.8 Å². The Hall–Kier alpha value is -1.86. The molecule has 15 heavy (non-hydrogen) atoms. The van der Waals surface area contributed by atoms with Crippen LogP contribution in [0.3, 0.4) is 0 Å². The van der Waals surface area contributed by atoms with Crippen molar-refractivity contribution in [1.82, 2.24) is 4.98 Å². The molecule has 4 nitrogen and oxygen atoms in total. The van der Waals surface area contributed by atoms with Crippen molar-refractivity contribution < 1.29 is 15.0 Å². The van der Waals surface area contributed by atoms with Crippen molar-refractivity contribution in [2.45, 2.75) is 12.8 Å². The van der Waals surface area contributed by atoms with E-state index >= 15 is 0 Å².